The number of hydrazine groups is 1. The monoisotopic (exact) mass is 563 g/mol. The quantitative estimate of drug-likeness (QED) is 0.301. The Hall–Kier alpha value is -2.57. The molecule has 0 spiro atoms. The van der Waals surface area contributed by atoms with Crippen LogP contribution in [0.1, 0.15) is 59.5 Å². The molecule has 3 aromatic rings. The summed E-state index contributed by atoms with van der Waals surface area (Å²) < 4.78 is 0. The summed E-state index contributed by atoms with van der Waals surface area (Å²) in [5.74, 6) is 1.15. The molecule has 6 rings (SSSR count). The van der Waals surface area contributed by atoms with Gasteiger partial charge >= 0.3 is 5.97 Å². The first-order chi connectivity index (χ1) is 19.0. The Morgan fingerprint density at radius 2 is 1.49 bits per heavy atom. The van der Waals surface area contributed by atoms with Gasteiger partial charge < -0.3 is 10.0 Å². The van der Waals surface area contributed by atoms with Gasteiger partial charge in [0.2, 0.25) is 0 Å². The molecule has 4 atom stereocenters. The van der Waals surface area contributed by atoms with E-state index in [0.29, 0.717) is 41.3 Å². The average Bonchev–Trinajstić information content (AvgIpc) is 3.39. The third-order valence-electron chi connectivity index (χ3n) is 9.27. The number of benzene rings is 3. The number of piperidine rings is 1. The van der Waals surface area contributed by atoms with Crippen molar-refractivity contribution in [3.8, 4) is 0 Å². The van der Waals surface area contributed by atoms with Crippen molar-refractivity contribution in [3.63, 3.8) is 0 Å². The lowest BCUT2D eigenvalue weighted by Crippen LogP contribution is -2.45. The third-order valence-corrected chi connectivity index (χ3v) is 9.78. The molecule has 0 amide bonds. The summed E-state index contributed by atoms with van der Waals surface area (Å²) in [5.41, 5.74) is 11.4. The topological polar surface area (TPSA) is 64.6 Å². The molecule has 2 aliphatic heterocycles. The zero-order valence-electron chi connectivity index (χ0n) is 21.9. The number of carboxylic acid groups (broad SMARTS) is 1. The van der Waals surface area contributed by atoms with Crippen LogP contribution < -0.4 is 15.8 Å². The number of hydrogen-bond acceptors (Lipinski definition) is 4. The minimum Gasteiger partial charge on any atom is -0.478 e. The third kappa shape index (κ3) is 5.69. The van der Waals surface area contributed by atoms with Crippen molar-refractivity contribution in [1.29, 1.82) is 0 Å². The van der Waals surface area contributed by atoms with Gasteiger partial charge in [-0.05, 0) is 103 Å². The van der Waals surface area contributed by atoms with E-state index < -0.39 is 5.97 Å². The molecule has 39 heavy (non-hydrogen) atoms. The highest BCUT2D eigenvalue weighted by atomic mass is 35.5. The van der Waals surface area contributed by atoms with E-state index >= 15 is 0 Å². The minimum atomic E-state index is -0.874. The molecule has 3 aliphatic rings. The Morgan fingerprint density at radius 1 is 0.846 bits per heavy atom. The van der Waals surface area contributed by atoms with E-state index in [1.165, 1.54) is 24.0 Å². The van der Waals surface area contributed by atoms with Crippen molar-refractivity contribution in [2.45, 2.75) is 50.1 Å². The van der Waals surface area contributed by atoms with Crippen LogP contribution in [0.5, 0.6) is 0 Å². The molecular weight excluding hydrogens is 529 g/mol. The van der Waals surface area contributed by atoms with Gasteiger partial charge in [0.1, 0.15) is 0 Å². The summed E-state index contributed by atoms with van der Waals surface area (Å²) in [5, 5.41) is 10.9. The Kier molecular flexibility index (Phi) is 7.86. The van der Waals surface area contributed by atoms with Crippen LogP contribution >= 0.6 is 23.2 Å². The van der Waals surface area contributed by atoms with Crippen molar-refractivity contribution in [1.82, 2.24) is 10.9 Å². The fraction of sp³-hybridized carbons (Fsp3) is 0.406. The van der Waals surface area contributed by atoms with Crippen molar-refractivity contribution in [3.05, 3.63) is 99.5 Å². The normalized spacial score (nSPS) is 25.6. The first kappa shape index (κ1) is 26.6. The van der Waals surface area contributed by atoms with Crippen LogP contribution in [0.15, 0.2) is 72.8 Å². The van der Waals surface area contributed by atoms with Crippen LogP contribution in [-0.4, -0.2) is 36.2 Å². The number of carbonyl (C=O) groups is 1. The zero-order valence-corrected chi connectivity index (χ0v) is 23.4. The molecule has 1 aliphatic carbocycles. The van der Waals surface area contributed by atoms with Crippen LogP contribution in [0.3, 0.4) is 0 Å². The zero-order chi connectivity index (χ0) is 26.9. The summed E-state index contributed by atoms with van der Waals surface area (Å²) in [4.78, 5) is 13.8. The lowest BCUT2D eigenvalue weighted by Gasteiger charge is -2.41. The van der Waals surface area contributed by atoms with E-state index in [2.05, 4.69) is 40.0 Å². The van der Waals surface area contributed by atoms with Crippen LogP contribution in [0, 0.1) is 17.8 Å². The molecule has 1 saturated carbocycles. The first-order valence-corrected chi connectivity index (χ1v) is 14.8. The molecule has 3 N–H and O–H groups in total. The van der Waals surface area contributed by atoms with Gasteiger partial charge in [-0.15, -0.1) is 0 Å². The molecule has 4 unspecified atom stereocenters. The second kappa shape index (κ2) is 11.5. The molecule has 0 aromatic heterocycles. The number of fused-ring (bicyclic) bond motifs is 1. The maximum atomic E-state index is 11.4. The summed E-state index contributed by atoms with van der Waals surface area (Å²) in [6.45, 7) is 1.90. The van der Waals surface area contributed by atoms with Gasteiger partial charge in [-0.2, -0.15) is 0 Å². The second-order valence-electron chi connectivity index (χ2n) is 11.4. The predicted octanol–water partition coefficient (Wildman–Crippen LogP) is 7.00. The van der Waals surface area contributed by atoms with Crippen LogP contribution in [0.2, 0.25) is 10.0 Å². The standard InChI is InChI=1S/C32H35Cl2N3O2/c33-25-9-4-20(5-10-25)30(21-6-11-26(34)12-7-21)23-8-13-29-28(19-23)31(36-35-29)22-14-16-37(17-15-22)27-3-1-2-24(18-27)32(38)39/h1-7,9-12,18,22-23,28-31,35-36H,8,13-17,19H2,(H,38,39). The minimum absolute atomic E-state index is 0.310. The smallest absolute Gasteiger partial charge is 0.335 e. The highest BCUT2D eigenvalue weighted by molar-refractivity contribution is 6.30. The number of carboxylic acids is 1. The number of anilines is 1. The summed E-state index contributed by atoms with van der Waals surface area (Å²) >= 11 is 12.5. The summed E-state index contributed by atoms with van der Waals surface area (Å²) in [7, 11) is 0. The van der Waals surface area contributed by atoms with E-state index in [1.807, 2.05) is 36.4 Å². The maximum absolute atomic E-state index is 11.4. The summed E-state index contributed by atoms with van der Waals surface area (Å²) in [6.07, 6.45) is 5.71. The van der Waals surface area contributed by atoms with Gasteiger partial charge in [-0.1, -0.05) is 53.5 Å². The Labute approximate surface area is 240 Å². The number of nitrogens with zero attached hydrogens (tertiary/aromatic N) is 1. The van der Waals surface area contributed by atoms with Crippen molar-refractivity contribution in [2.75, 3.05) is 18.0 Å². The second-order valence-corrected chi connectivity index (χ2v) is 12.3. The van der Waals surface area contributed by atoms with Gasteiger partial charge in [0, 0.05) is 46.8 Å². The number of rotatable bonds is 6. The molecule has 0 radical (unpaired) electrons. The number of halogens is 2. The Morgan fingerprint density at radius 3 is 2.10 bits per heavy atom. The Balaban J connectivity index is 1.17. The average molecular weight is 565 g/mol. The van der Waals surface area contributed by atoms with Gasteiger partial charge in [0.15, 0.2) is 0 Å². The van der Waals surface area contributed by atoms with Crippen LogP contribution in [0.25, 0.3) is 0 Å². The molecule has 2 saturated heterocycles. The van der Waals surface area contributed by atoms with Crippen molar-refractivity contribution in [2.24, 2.45) is 17.8 Å². The first-order valence-electron chi connectivity index (χ1n) is 14.1. The van der Waals surface area contributed by atoms with Gasteiger partial charge in [0.25, 0.3) is 0 Å². The van der Waals surface area contributed by atoms with E-state index in [0.717, 1.165) is 48.1 Å². The van der Waals surface area contributed by atoms with E-state index in [1.54, 1.807) is 12.1 Å². The van der Waals surface area contributed by atoms with E-state index in [-0.39, 0.29) is 0 Å². The SMILES string of the molecule is O=C(O)c1cccc(N2CCC(C3NNC4CCC(C(c5ccc(Cl)cc5)c5ccc(Cl)cc5)CC43)CC2)c1. The van der Waals surface area contributed by atoms with Gasteiger partial charge in [-0.3, -0.25) is 10.9 Å². The fourth-order valence-electron chi connectivity index (χ4n) is 7.33. The number of nitrogens with one attached hydrogen (secondary N) is 2. The molecule has 5 nitrogen and oxygen atoms in total. The predicted molar refractivity (Wildman–Crippen MR) is 158 cm³/mol. The molecule has 7 heteroatoms. The van der Waals surface area contributed by atoms with Gasteiger partial charge in [0.05, 0.1) is 5.56 Å². The van der Waals surface area contributed by atoms with Crippen molar-refractivity contribution >= 4 is 34.9 Å². The number of aromatic carboxylic acids is 1. The summed E-state index contributed by atoms with van der Waals surface area (Å²) in [6, 6.07) is 25.1. The van der Waals surface area contributed by atoms with Crippen LogP contribution in [-0.2, 0) is 0 Å². The highest BCUT2D eigenvalue weighted by Gasteiger charge is 2.45. The molecule has 0 bridgehead atoms. The lowest BCUT2D eigenvalue weighted by atomic mass is 9.66. The van der Waals surface area contributed by atoms with Gasteiger partial charge in [-0.25, -0.2) is 4.79 Å². The van der Waals surface area contributed by atoms with E-state index in [4.69, 9.17) is 23.2 Å². The molecule has 2 heterocycles. The fourth-order valence-corrected chi connectivity index (χ4v) is 7.58. The Bertz CT molecular complexity index is 1250. The van der Waals surface area contributed by atoms with E-state index in [9.17, 15) is 9.90 Å². The molecular formula is C32H35Cl2N3O2. The highest BCUT2D eigenvalue weighted by Crippen LogP contribution is 2.46. The number of hydrogen-bond donors (Lipinski definition) is 3. The largest absolute Gasteiger partial charge is 0.478 e. The molecule has 204 valence electrons. The maximum Gasteiger partial charge on any atom is 0.335 e. The molecule has 3 fully saturated rings. The lowest BCUT2D eigenvalue weighted by molar-refractivity contribution is 0.0697. The molecule has 3 aromatic carbocycles. The van der Waals surface area contributed by atoms with Crippen molar-refractivity contribution < 1.29 is 9.90 Å². The van der Waals surface area contributed by atoms with Crippen LogP contribution in [0.4, 0.5) is 5.69 Å².